The predicted molar refractivity (Wildman–Crippen MR) is 78.9 cm³/mol. The van der Waals surface area contributed by atoms with Gasteiger partial charge in [0.15, 0.2) is 0 Å². The van der Waals surface area contributed by atoms with Crippen LogP contribution in [0.5, 0.6) is 0 Å². The molecule has 106 valence electrons. The van der Waals surface area contributed by atoms with Crippen molar-refractivity contribution in [1.29, 1.82) is 0 Å². The van der Waals surface area contributed by atoms with Gasteiger partial charge in [-0.2, -0.15) is 36.1 Å². The summed E-state index contributed by atoms with van der Waals surface area (Å²) >= 11 is 1.75. The molecule has 0 amide bonds. The molecule has 0 aliphatic heterocycles. The zero-order chi connectivity index (χ0) is 12.5. The number of nitrogens with one attached hydrogen (secondary N) is 1. The normalized spacial score (nSPS) is 9.26. The van der Waals surface area contributed by atoms with Gasteiger partial charge in [-0.1, -0.05) is 0 Å². The van der Waals surface area contributed by atoms with Gasteiger partial charge in [0.1, 0.15) is 0 Å². The van der Waals surface area contributed by atoms with Crippen LogP contribution in [-0.4, -0.2) is 0 Å². The molecule has 19 heavy (non-hydrogen) atoms. The van der Waals surface area contributed by atoms with Crippen LogP contribution in [0.15, 0.2) is 71.4 Å². The second kappa shape index (κ2) is 9.76. The van der Waals surface area contributed by atoms with Gasteiger partial charge in [-0.25, -0.2) is 12.1 Å². The van der Waals surface area contributed by atoms with Crippen LogP contribution in [0.3, 0.4) is 0 Å². The Morgan fingerprint density at radius 3 is 2.42 bits per heavy atom. The minimum Gasteiger partial charge on any atom is -0.748 e. The van der Waals surface area contributed by atoms with E-state index in [0.717, 1.165) is 13.1 Å². The molecule has 0 bridgehead atoms. The van der Waals surface area contributed by atoms with E-state index < -0.39 is 0 Å². The summed E-state index contributed by atoms with van der Waals surface area (Å²) in [6.07, 6.45) is 0. The first-order chi connectivity index (χ1) is 8.95. The second-order valence-electron chi connectivity index (χ2n) is 3.99. The van der Waals surface area contributed by atoms with E-state index in [1.807, 2.05) is 30.3 Å². The molecular weight excluding hydrogens is 294 g/mol. The third-order valence-electron chi connectivity index (χ3n) is 2.53. The van der Waals surface area contributed by atoms with E-state index in [9.17, 15) is 0 Å². The SMILES string of the molecule is [Fe].c1cc(CNC[c-]2[cH-][cH-][cH-][cH-]2)cs1.c1cc[cH-]c1. The first kappa shape index (κ1) is 15.9. The Bertz CT molecular complexity index is 431. The Balaban J connectivity index is 0.000000256. The Kier molecular flexibility index (Phi) is 8.19. The summed E-state index contributed by atoms with van der Waals surface area (Å²) in [6.45, 7) is 1.93. The minimum absolute atomic E-state index is 0. The number of hydrogen-bond acceptors (Lipinski definition) is 2. The topological polar surface area (TPSA) is 12.0 Å². The molecule has 0 spiro atoms. The van der Waals surface area contributed by atoms with Crippen molar-refractivity contribution in [3.8, 4) is 0 Å². The van der Waals surface area contributed by atoms with Crippen molar-refractivity contribution in [2.45, 2.75) is 13.1 Å². The first-order valence-electron chi connectivity index (χ1n) is 6.04. The van der Waals surface area contributed by atoms with Crippen LogP contribution < -0.4 is 5.32 Å². The summed E-state index contributed by atoms with van der Waals surface area (Å²) in [5, 5.41) is 7.69. The Hall–Kier alpha value is -1.12. The van der Waals surface area contributed by atoms with Crippen LogP contribution in [0.25, 0.3) is 0 Å². The average molecular weight is 311 g/mol. The summed E-state index contributed by atoms with van der Waals surface area (Å²) in [5.74, 6) is 0. The fourth-order valence-corrected chi connectivity index (χ4v) is 2.27. The van der Waals surface area contributed by atoms with Gasteiger partial charge in [-0.3, -0.25) is 0 Å². The summed E-state index contributed by atoms with van der Waals surface area (Å²) < 4.78 is 0. The average Bonchev–Trinajstić information content (AvgIpc) is 3.16. The van der Waals surface area contributed by atoms with E-state index >= 15 is 0 Å². The van der Waals surface area contributed by atoms with Crippen LogP contribution in [0.4, 0.5) is 0 Å². The van der Waals surface area contributed by atoms with E-state index in [0.29, 0.717) is 0 Å². The maximum atomic E-state index is 3.40. The molecule has 0 aliphatic rings. The molecule has 3 aromatic rings. The standard InChI is InChI=1S/C11H12NS.C5H5.Fe/c1-2-4-10(3-1)7-12-8-11-5-6-13-9-11;1-2-4-5-3-1;/h1-6,9,12H,7-8H2;1-5H;/q-5;-1;. The molecule has 0 unspecified atom stereocenters. The van der Waals surface area contributed by atoms with Crippen molar-refractivity contribution < 1.29 is 17.1 Å². The molecule has 1 nitrogen and oxygen atoms in total. The fraction of sp³-hybridized carbons (Fsp3) is 0.125. The second-order valence-corrected chi connectivity index (χ2v) is 4.77. The van der Waals surface area contributed by atoms with Crippen molar-refractivity contribution in [2.75, 3.05) is 0 Å². The summed E-state index contributed by atoms with van der Waals surface area (Å²) in [4.78, 5) is 0. The zero-order valence-electron chi connectivity index (χ0n) is 10.6. The van der Waals surface area contributed by atoms with Gasteiger partial charge >= 0.3 is 0 Å². The quantitative estimate of drug-likeness (QED) is 0.563. The molecule has 3 rings (SSSR count). The number of rotatable bonds is 4. The van der Waals surface area contributed by atoms with Gasteiger partial charge in [-0.15, -0.1) is 0 Å². The van der Waals surface area contributed by atoms with Crippen LogP contribution in [-0.2, 0) is 30.2 Å². The maximum Gasteiger partial charge on any atom is 0.0188 e. The summed E-state index contributed by atoms with van der Waals surface area (Å²) in [7, 11) is 0. The van der Waals surface area contributed by atoms with Gasteiger partial charge < -0.3 is 35.1 Å². The summed E-state index contributed by atoms with van der Waals surface area (Å²) in [5.41, 5.74) is 2.73. The van der Waals surface area contributed by atoms with E-state index in [1.165, 1.54) is 11.1 Å². The van der Waals surface area contributed by atoms with Crippen LogP contribution >= 0.6 is 11.3 Å². The van der Waals surface area contributed by atoms with E-state index in [4.69, 9.17) is 0 Å². The van der Waals surface area contributed by atoms with E-state index in [2.05, 4.69) is 46.4 Å². The van der Waals surface area contributed by atoms with Crippen LogP contribution in [0.1, 0.15) is 11.1 Å². The smallest absolute Gasteiger partial charge is 0.0188 e. The van der Waals surface area contributed by atoms with Gasteiger partial charge in [0.2, 0.25) is 0 Å². The van der Waals surface area contributed by atoms with Crippen molar-refractivity contribution in [3.05, 3.63) is 82.6 Å². The number of thiophene rings is 1. The molecule has 0 saturated carbocycles. The Morgan fingerprint density at radius 2 is 1.89 bits per heavy atom. The van der Waals surface area contributed by atoms with Gasteiger partial charge in [0, 0.05) is 23.6 Å². The first-order valence-corrected chi connectivity index (χ1v) is 6.98. The maximum absolute atomic E-state index is 3.40. The molecule has 0 fully saturated rings. The molecule has 0 radical (unpaired) electrons. The number of hydrogen-bond donors (Lipinski definition) is 1. The largest absolute Gasteiger partial charge is 0.748 e. The van der Waals surface area contributed by atoms with Crippen molar-refractivity contribution >= 4 is 11.3 Å². The molecule has 1 aromatic heterocycles. The molecule has 3 heteroatoms. The monoisotopic (exact) mass is 311 g/mol. The predicted octanol–water partition coefficient (Wildman–Crippen LogP) is 4.16. The Labute approximate surface area is 129 Å². The summed E-state index contributed by atoms with van der Waals surface area (Å²) in [6, 6.07) is 20.6. The zero-order valence-corrected chi connectivity index (χ0v) is 12.5. The fourth-order valence-electron chi connectivity index (χ4n) is 1.60. The van der Waals surface area contributed by atoms with Gasteiger partial charge in [0.25, 0.3) is 0 Å². The molecule has 0 saturated heterocycles. The van der Waals surface area contributed by atoms with Crippen LogP contribution in [0, 0.1) is 0 Å². The molecule has 0 aliphatic carbocycles. The molecule has 1 heterocycles. The molecular formula is C16H17FeNS-6. The molecule has 2 aromatic carbocycles. The third kappa shape index (κ3) is 6.55. The van der Waals surface area contributed by atoms with E-state index in [1.54, 1.807) is 11.3 Å². The third-order valence-corrected chi connectivity index (χ3v) is 3.26. The van der Waals surface area contributed by atoms with Crippen molar-refractivity contribution in [2.24, 2.45) is 0 Å². The van der Waals surface area contributed by atoms with Gasteiger partial charge in [-0.05, 0) is 22.4 Å². The molecule has 1 N–H and O–H groups in total. The minimum atomic E-state index is 0. The molecule has 0 atom stereocenters. The van der Waals surface area contributed by atoms with Crippen molar-refractivity contribution in [1.82, 2.24) is 5.32 Å². The van der Waals surface area contributed by atoms with Crippen molar-refractivity contribution in [3.63, 3.8) is 0 Å². The van der Waals surface area contributed by atoms with E-state index in [-0.39, 0.29) is 17.1 Å². The van der Waals surface area contributed by atoms with Gasteiger partial charge in [0.05, 0.1) is 0 Å². The van der Waals surface area contributed by atoms with Crippen LogP contribution in [0.2, 0.25) is 0 Å². The Morgan fingerprint density at radius 1 is 1.16 bits per heavy atom.